The van der Waals surface area contributed by atoms with Gasteiger partial charge in [-0.2, -0.15) is 0 Å². The van der Waals surface area contributed by atoms with E-state index in [9.17, 15) is 19.2 Å². The van der Waals surface area contributed by atoms with Gasteiger partial charge in [0.1, 0.15) is 18.0 Å². The maximum atomic E-state index is 13.2. The molecule has 8 nitrogen and oxygen atoms in total. The van der Waals surface area contributed by atoms with Gasteiger partial charge in [-0.1, -0.05) is 72.8 Å². The number of allylic oxidation sites excluding steroid dienone is 2. The largest absolute Gasteiger partial charge is 0.485 e. The van der Waals surface area contributed by atoms with Gasteiger partial charge >= 0.3 is 17.9 Å². The van der Waals surface area contributed by atoms with Gasteiger partial charge in [-0.25, -0.2) is 9.59 Å². The lowest BCUT2D eigenvalue weighted by molar-refractivity contribution is -0.147. The van der Waals surface area contributed by atoms with Crippen LogP contribution in [0.1, 0.15) is 66.7 Å². The molecule has 4 rings (SSSR count). The molecule has 1 aliphatic carbocycles. The first kappa shape index (κ1) is 34.9. The first-order valence-corrected chi connectivity index (χ1v) is 16.1. The predicted octanol–water partition coefficient (Wildman–Crippen LogP) is 7.35. The van der Waals surface area contributed by atoms with Crippen molar-refractivity contribution in [1.82, 2.24) is 0 Å². The zero-order valence-electron chi connectivity index (χ0n) is 26.9. The van der Waals surface area contributed by atoms with E-state index in [1.807, 2.05) is 56.3 Å². The van der Waals surface area contributed by atoms with E-state index >= 15 is 0 Å². The van der Waals surface area contributed by atoms with Crippen molar-refractivity contribution in [1.29, 1.82) is 0 Å². The van der Waals surface area contributed by atoms with Gasteiger partial charge in [-0.05, 0) is 75.6 Å². The molecule has 0 aliphatic heterocycles. The smallest absolute Gasteiger partial charge is 0.338 e. The third-order valence-corrected chi connectivity index (χ3v) is 7.72. The van der Waals surface area contributed by atoms with E-state index in [1.165, 1.54) is 6.08 Å². The van der Waals surface area contributed by atoms with Crippen molar-refractivity contribution in [2.75, 3.05) is 6.61 Å². The average molecular weight is 639 g/mol. The highest BCUT2D eigenvalue weighted by Crippen LogP contribution is 2.40. The van der Waals surface area contributed by atoms with E-state index in [0.29, 0.717) is 42.6 Å². The fourth-order valence-corrected chi connectivity index (χ4v) is 5.48. The van der Waals surface area contributed by atoms with Crippen molar-refractivity contribution >= 4 is 23.7 Å². The summed E-state index contributed by atoms with van der Waals surface area (Å²) >= 11 is 0. The lowest BCUT2D eigenvalue weighted by Crippen LogP contribution is -2.26. The standard InChI is InChI=1S/C39H42O8/c1-28(2)45-37(41)23-15-4-3-14-22-33-34(25-24-31(40)27-44-32-20-12-7-13-21-32)36(47-39(43)30-18-10-6-11-19-30)26-35(33)46-38(42)29-16-8-5-9-17-29/h3,5-14,16-21,24-25,28,33-36H,4,15,22-23,26-27H2,1-2H3/b14-3-,25-24+/t33-,34-,35+,36-/m1/s1. The van der Waals surface area contributed by atoms with Crippen LogP contribution in [0.25, 0.3) is 0 Å². The molecule has 1 aliphatic rings. The van der Waals surface area contributed by atoms with E-state index in [0.717, 1.165) is 0 Å². The Labute approximate surface area is 276 Å². The maximum Gasteiger partial charge on any atom is 0.338 e. The fourth-order valence-electron chi connectivity index (χ4n) is 5.48. The zero-order valence-corrected chi connectivity index (χ0v) is 26.9. The van der Waals surface area contributed by atoms with Crippen LogP contribution in [-0.4, -0.2) is 48.6 Å². The van der Waals surface area contributed by atoms with E-state index in [2.05, 4.69) is 0 Å². The predicted molar refractivity (Wildman–Crippen MR) is 178 cm³/mol. The van der Waals surface area contributed by atoms with Crippen LogP contribution in [0.4, 0.5) is 0 Å². The SMILES string of the molecule is CC(C)OC(=O)CCC/C=C\C[C@@H]1[C@@H](/C=C/C(=O)COc2ccccc2)[C@H](OC(=O)c2ccccc2)C[C@@H]1OC(=O)c1ccccc1. The number of hydrogen-bond donors (Lipinski definition) is 0. The molecule has 47 heavy (non-hydrogen) atoms. The van der Waals surface area contributed by atoms with Crippen LogP contribution < -0.4 is 4.74 Å². The second-order valence-electron chi connectivity index (χ2n) is 11.7. The topological polar surface area (TPSA) is 105 Å². The molecule has 3 aromatic rings. The summed E-state index contributed by atoms with van der Waals surface area (Å²) in [6, 6.07) is 26.5. The quantitative estimate of drug-likeness (QED) is 0.0528. The first-order valence-electron chi connectivity index (χ1n) is 16.1. The zero-order chi connectivity index (χ0) is 33.4. The van der Waals surface area contributed by atoms with Crippen LogP contribution in [0.15, 0.2) is 115 Å². The maximum absolute atomic E-state index is 13.2. The molecule has 0 heterocycles. The molecule has 0 radical (unpaired) electrons. The summed E-state index contributed by atoms with van der Waals surface area (Å²) in [5.74, 6) is -1.59. The Kier molecular flexibility index (Phi) is 13.5. The fraction of sp³-hybridized carbons (Fsp3) is 0.333. The second-order valence-corrected chi connectivity index (χ2v) is 11.7. The number of ether oxygens (including phenoxy) is 4. The number of carbonyl (C=O) groups excluding carboxylic acids is 4. The van der Waals surface area contributed by atoms with Crippen LogP contribution in [0, 0.1) is 11.8 Å². The van der Waals surface area contributed by atoms with E-state index in [1.54, 1.807) is 66.7 Å². The molecule has 246 valence electrons. The van der Waals surface area contributed by atoms with Crippen molar-refractivity contribution in [3.05, 3.63) is 126 Å². The molecule has 4 atom stereocenters. The van der Waals surface area contributed by atoms with Gasteiger partial charge in [0.05, 0.1) is 17.2 Å². The number of unbranched alkanes of at least 4 members (excludes halogenated alkanes) is 1. The minimum absolute atomic E-state index is 0.151. The first-order chi connectivity index (χ1) is 22.8. The van der Waals surface area contributed by atoms with E-state index < -0.39 is 30.1 Å². The Hall–Kier alpha value is -4.98. The lowest BCUT2D eigenvalue weighted by atomic mass is 9.89. The number of esters is 3. The summed E-state index contributed by atoms with van der Waals surface area (Å²) in [5.41, 5.74) is 0.819. The Morgan fingerprint density at radius 3 is 1.94 bits per heavy atom. The molecule has 0 aromatic heterocycles. The van der Waals surface area contributed by atoms with Crippen molar-refractivity contribution < 1.29 is 38.1 Å². The van der Waals surface area contributed by atoms with Crippen LogP contribution in [0.5, 0.6) is 5.75 Å². The van der Waals surface area contributed by atoms with Crippen molar-refractivity contribution in [3.63, 3.8) is 0 Å². The van der Waals surface area contributed by atoms with E-state index in [-0.39, 0.29) is 36.8 Å². The Morgan fingerprint density at radius 2 is 1.34 bits per heavy atom. The highest BCUT2D eigenvalue weighted by molar-refractivity contribution is 5.91. The number of carbonyl (C=O) groups is 4. The monoisotopic (exact) mass is 638 g/mol. The van der Waals surface area contributed by atoms with Gasteiger partial charge in [0.15, 0.2) is 12.4 Å². The average Bonchev–Trinajstić information content (AvgIpc) is 3.39. The summed E-state index contributed by atoms with van der Waals surface area (Å²) in [6.07, 6.45) is 8.16. The van der Waals surface area contributed by atoms with Crippen LogP contribution in [0.3, 0.4) is 0 Å². The normalized spacial score (nSPS) is 19.1. The minimum atomic E-state index is -0.653. The van der Waals surface area contributed by atoms with Crippen LogP contribution >= 0.6 is 0 Å². The van der Waals surface area contributed by atoms with Crippen molar-refractivity contribution in [3.8, 4) is 5.75 Å². The molecule has 0 amide bonds. The molecule has 0 bridgehead atoms. The molecule has 8 heteroatoms. The molecule has 0 N–H and O–H groups in total. The van der Waals surface area contributed by atoms with Crippen molar-refractivity contribution in [2.24, 2.45) is 11.8 Å². The molecule has 0 unspecified atom stereocenters. The van der Waals surface area contributed by atoms with Gasteiger partial charge in [0.2, 0.25) is 0 Å². The van der Waals surface area contributed by atoms with Gasteiger partial charge in [-0.15, -0.1) is 0 Å². The molecule has 0 spiro atoms. The summed E-state index contributed by atoms with van der Waals surface area (Å²) in [4.78, 5) is 51.1. The third-order valence-electron chi connectivity index (χ3n) is 7.72. The van der Waals surface area contributed by atoms with Gasteiger partial charge in [0, 0.05) is 24.7 Å². The highest BCUT2D eigenvalue weighted by Gasteiger charge is 2.45. The molecular formula is C39H42O8. The number of rotatable bonds is 16. The summed E-state index contributed by atoms with van der Waals surface area (Å²) in [5, 5.41) is 0. The summed E-state index contributed by atoms with van der Waals surface area (Å²) in [6.45, 7) is 3.48. The Balaban J connectivity index is 1.52. The van der Waals surface area contributed by atoms with Gasteiger partial charge < -0.3 is 18.9 Å². The summed E-state index contributed by atoms with van der Waals surface area (Å²) in [7, 11) is 0. The number of para-hydroxylation sites is 1. The number of benzene rings is 3. The number of hydrogen-bond acceptors (Lipinski definition) is 8. The molecule has 0 saturated heterocycles. The highest BCUT2D eigenvalue weighted by atomic mass is 16.6. The Bertz CT molecular complexity index is 1500. The van der Waals surface area contributed by atoms with Gasteiger partial charge in [-0.3, -0.25) is 9.59 Å². The molecule has 1 fully saturated rings. The molecule has 1 saturated carbocycles. The lowest BCUT2D eigenvalue weighted by Gasteiger charge is -2.23. The second kappa shape index (κ2) is 18.2. The van der Waals surface area contributed by atoms with Gasteiger partial charge in [0.25, 0.3) is 0 Å². The third kappa shape index (κ3) is 11.4. The van der Waals surface area contributed by atoms with Crippen LogP contribution in [0.2, 0.25) is 0 Å². The molecular weight excluding hydrogens is 596 g/mol. The minimum Gasteiger partial charge on any atom is -0.485 e. The van der Waals surface area contributed by atoms with E-state index in [4.69, 9.17) is 18.9 Å². The summed E-state index contributed by atoms with van der Waals surface area (Å²) < 4.78 is 22.9. The number of ketones is 1. The molecule has 3 aromatic carbocycles. The van der Waals surface area contributed by atoms with Crippen LogP contribution in [-0.2, 0) is 23.8 Å². The Morgan fingerprint density at radius 1 is 0.766 bits per heavy atom. The van der Waals surface area contributed by atoms with Crippen molar-refractivity contribution in [2.45, 2.75) is 64.3 Å².